The maximum Gasteiger partial charge on any atom is 0.266 e. The van der Waals surface area contributed by atoms with Crippen molar-refractivity contribution in [3.05, 3.63) is 126 Å². The topological polar surface area (TPSA) is 51.1 Å². The highest BCUT2D eigenvalue weighted by Gasteiger charge is 2.33. The molecule has 208 valence electrons. The largest absolute Gasteiger partial charge is 0.493 e. The summed E-state index contributed by atoms with van der Waals surface area (Å²) in [5, 5.41) is 0.678. The Morgan fingerprint density at radius 1 is 0.976 bits per heavy atom. The lowest BCUT2D eigenvalue weighted by Crippen LogP contribution is -2.31. The van der Waals surface area contributed by atoms with Crippen molar-refractivity contribution in [1.82, 2.24) is 4.90 Å². The zero-order valence-corrected chi connectivity index (χ0v) is 27.2. The SMILES string of the molecule is COc1cc(/C=C2/SC(=Nc3ccc(C)cc3)N(CCc3ccccc3)C2=O)cc(I)c1OCc1ccc(Br)cc1. The molecule has 1 aliphatic rings. The molecule has 4 aromatic rings. The van der Waals surface area contributed by atoms with Crippen LogP contribution in [0.5, 0.6) is 11.5 Å². The van der Waals surface area contributed by atoms with Crippen LogP contribution in [0.25, 0.3) is 6.08 Å². The fraction of sp³-hybridized carbons (Fsp3) is 0.152. The van der Waals surface area contributed by atoms with E-state index in [1.165, 1.54) is 22.9 Å². The fourth-order valence-electron chi connectivity index (χ4n) is 4.25. The Kier molecular flexibility index (Phi) is 9.84. The molecule has 0 unspecified atom stereocenters. The summed E-state index contributed by atoms with van der Waals surface area (Å²) in [4.78, 5) is 20.9. The highest BCUT2D eigenvalue weighted by molar-refractivity contribution is 14.1. The lowest BCUT2D eigenvalue weighted by molar-refractivity contribution is -0.122. The van der Waals surface area contributed by atoms with Crippen LogP contribution in [-0.2, 0) is 17.8 Å². The number of carbonyl (C=O) groups excluding carboxylic acids is 1. The van der Waals surface area contributed by atoms with Crippen LogP contribution in [0.4, 0.5) is 5.69 Å². The van der Waals surface area contributed by atoms with Gasteiger partial charge in [-0.15, -0.1) is 0 Å². The number of nitrogens with zero attached hydrogens (tertiary/aromatic N) is 2. The average molecular weight is 739 g/mol. The quantitative estimate of drug-likeness (QED) is 0.127. The third kappa shape index (κ3) is 7.61. The van der Waals surface area contributed by atoms with E-state index in [9.17, 15) is 4.79 Å². The summed E-state index contributed by atoms with van der Waals surface area (Å²) < 4.78 is 13.8. The lowest BCUT2D eigenvalue weighted by atomic mass is 10.1. The molecule has 1 heterocycles. The van der Waals surface area contributed by atoms with Gasteiger partial charge in [-0.1, -0.05) is 76.1 Å². The number of hydrogen-bond acceptors (Lipinski definition) is 5. The monoisotopic (exact) mass is 738 g/mol. The van der Waals surface area contributed by atoms with Crippen molar-refractivity contribution in [2.75, 3.05) is 13.7 Å². The van der Waals surface area contributed by atoms with E-state index in [4.69, 9.17) is 14.5 Å². The molecule has 0 saturated carbocycles. The molecule has 8 heteroatoms. The standard InChI is InChI=1S/C33H28BrIN2O3S/c1-22-8-14-27(15-9-22)36-33-37(17-16-23-6-4-3-5-7-23)32(38)30(41-33)20-25-18-28(35)31(29(19-25)39-2)40-21-24-10-12-26(34)13-11-24/h3-15,18-20H,16-17,21H2,1-2H3/b30-20+,36-33?. The Bertz CT molecular complexity index is 1590. The number of methoxy groups -OCH3 is 1. The first-order valence-electron chi connectivity index (χ1n) is 13.0. The zero-order valence-electron chi connectivity index (χ0n) is 22.6. The van der Waals surface area contributed by atoms with Crippen molar-refractivity contribution < 1.29 is 14.3 Å². The molecule has 0 atom stereocenters. The van der Waals surface area contributed by atoms with Gasteiger partial charge in [0.2, 0.25) is 0 Å². The minimum atomic E-state index is -0.0543. The van der Waals surface area contributed by atoms with Crippen LogP contribution in [0.3, 0.4) is 0 Å². The molecule has 41 heavy (non-hydrogen) atoms. The molecule has 1 fully saturated rings. The molecule has 5 nitrogen and oxygen atoms in total. The highest BCUT2D eigenvalue weighted by atomic mass is 127. The van der Waals surface area contributed by atoms with Crippen LogP contribution >= 0.6 is 50.3 Å². The van der Waals surface area contributed by atoms with Gasteiger partial charge in [-0.05, 0) is 107 Å². The third-order valence-electron chi connectivity index (χ3n) is 6.46. The Morgan fingerprint density at radius 2 is 1.71 bits per heavy atom. The predicted octanol–water partition coefficient (Wildman–Crippen LogP) is 8.80. The zero-order chi connectivity index (χ0) is 28.8. The van der Waals surface area contributed by atoms with E-state index in [1.807, 2.05) is 91.9 Å². The summed E-state index contributed by atoms with van der Waals surface area (Å²) >= 11 is 7.12. The molecule has 0 radical (unpaired) electrons. The molecule has 1 aliphatic heterocycles. The maximum absolute atomic E-state index is 13.7. The first kappa shape index (κ1) is 29.4. The van der Waals surface area contributed by atoms with E-state index < -0.39 is 0 Å². The molecule has 4 aromatic carbocycles. The van der Waals surface area contributed by atoms with Gasteiger partial charge in [0.05, 0.1) is 21.3 Å². The number of carbonyl (C=O) groups is 1. The van der Waals surface area contributed by atoms with E-state index in [1.54, 1.807) is 12.0 Å². The average Bonchev–Trinajstić information content (AvgIpc) is 3.26. The molecule has 0 spiro atoms. The minimum Gasteiger partial charge on any atom is -0.493 e. The van der Waals surface area contributed by atoms with Gasteiger partial charge in [0, 0.05) is 11.0 Å². The lowest BCUT2D eigenvalue weighted by Gasteiger charge is -2.15. The second-order valence-corrected chi connectivity index (χ2v) is 12.6. The number of aliphatic imine (C=N–C) groups is 1. The molecule has 0 N–H and O–H groups in total. The van der Waals surface area contributed by atoms with Gasteiger partial charge in [-0.3, -0.25) is 9.69 Å². The third-order valence-corrected chi connectivity index (χ3v) is 8.80. The molecule has 1 saturated heterocycles. The number of ether oxygens (including phenoxy) is 2. The van der Waals surface area contributed by atoms with E-state index >= 15 is 0 Å². The Balaban J connectivity index is 1.41. The highest BCUT2D eigenvalue weighted by Crippen LogP contribution is 2.38. The summed E-state index contributed by atoms with van der Waals surface area (Å²) in [7, 11) is 1.63. The Hall–Kier alpha value is -3.08. The Labute approximate surface area is 266 Å². The molecular weight excluding hydrogens is 711 g/mol. The van der Waals surface area contributed by atoms with Gasteiger partial charge in [0.15, 0.2) is 16.7 Å². The van der Waals surface area contributed by atoms with Crippen molar-refractivity contribution in [2.24, 2.45) is 4.99 Å². The van der Waals surface area contributed by atoms with Crippen LogP contribution in [-0.4, -0.2) is 29.6 Å². The molecule has 0 aliphatic carbocycles. The van der Waals surface area contributed by atoms with E-state index in [2.05, 4.69) is 50.7 Å². The fourth-order valence-corrected chi connectivity index (χ4v) is 6.32. The maximum atomic E-state index is 13.7. The summed E-state index contributed by atoms with van der Waals surface area (Å²) in [5.41, 5.74) is 5.08. The molecular formula is C33H28BrIN2O3S. The molecule has 5 rings (SSSR count). The molecule has 0 bridgehead atoms. The normalized spacial score (nSPS) is 15.1. The van der Waals surface area contributed by atoms with Crippen LogP contribution in [0, 0.1) is 10.5 Å². The van der Waals surface area contributed by atoms with Gasteiger partial charge in [-0.25, -0.2) is 4.99 Å². The Morgan fingerprint density at radius 3 is 2.41 bits per heavy atom. The number of aryl methyl sites for hydroxylation is 1. The first-order chi connectivity index (χ1) is 19.9. The number of rotatable bonds is 9. The van der Waals surface area contributed by atoms with Crippen LogP contribution < -0.4 is 9.47 Å². The van der Waals surface area contributed by atoms with Crippen LogP contribution in [0.1, 0.15) is 22.3 Å². The summed E-state index contributed by atoms with van der Waals surface area (Å²) in [5.74, 6) is 1.24. The summed E-state index contributed by atoms with van der Waals surface area (Å²) in [6.45, 7) is 3.01. The number of amides is 1. The van der Waals surface area contributed by atoms with Gasteiger partial charge >= 0.3 is 0 Å². The summed E-state index contributed by atoms with van der Waals surface area (Å²) in [6, 6.07) is 30.1. The van der Waals surface area contributed by atoms with Crippen molar-refractivity contribution in [3.63, 3.8) is 0 Å². The van der Waals surface area contributed by atoms with E-state index in [0.717, 1.165) is 31.3 Å². The van der Waals surface area contributed by atoms with Gasteiger partial charge in [0.1, 0.15) is 6.61 Å². The first-order valence-corrected chi connectivity index (χ1v) is 15.7. The van der Waals surface area contributed by atoms with Crippen LogP contribution in [0.2, 0.25) is 0 Å². The van der Waals surface area contributed by atoms with Gasteiger partial charge in [0.25, 0.3) is 5.91 Å². The number of hydrogen-bond donors (Lipinski definition) is 0. The van der Waals surface area contributed by atoms with Crippen molar-refractivity contribution in [1.29, 1.82) is 0 Å². The number of halogens is 2. The van der Waals surface area contributed by atoms with Crippen molar-refractivity contribution >= 4 is 73.1 Å². The van der Waals surface area contributed by atoms with E-state index in [-0.39, 0.29) is 5.91 Å². The van der Waals surface area contributed by atoms with Crippen molar-refractivity contribution in [3.8, 4) is 11.5 Å². The second-order valence-electron chi connectivity index (χ2n) is 9.48. The molecule has 0 aromatic heterocycles. The number of thioether (sulfide) groups is 1. The smallest absolute Gasteiger partial charge is 0.266 e. The van der Waals surface area contributed by atoms with E-state index in [0.29, 0.717) is 34.7 Å². The number of amidine groups is 1. The summed E-state index contributed by atoms with van der Waals surface area (Å²) in [6.07, 6.45) is 2.65. The second kappa shape index (κ2) is 13.7. The van der Waals surface area contributed by atoms with Gasteiger partial charge in [-0.2, -0.15) is 0 Å². The minimum absolute atomic E-state index is 0.0543. The predicted molar refractivity (Wildman–Crippen MR) is 180 cm³/mol. The number of benzene rings is 4. The van der Waals surface area contributed by atoms with Crippen molar-refractivity contribution in [2.45, 2.75) is 20.0 Å². The van der Waals surface area contributed by atoms with Crippen LogP contribution in [0.15, 0.2) is 105 Å². The van der Waals surface area contributed by atoms with Gasteiger partial charge < -0.3 is 9.47 Å². The molecule has 1 amide bonds.